The fourth-order valence-electron chi connectivity index (χ4n) is 3.52. The van der Waals surface area contributed by atoms with Gasteiger partial charge in [-0.15, -0.1) is 0 Å². The van der Waals surface area contributed by atoms with Crippen molar-refractivity contribution in [2.75, 3.05) is 52.0 Å². The Morgan fingerprint density at radius 3 is 2.60 bits per heavy atom. The zero-order valence-corrected chi connectivity index (χ0v) is 17.1. The number of benzene rings is 1. The Labute approximate surface area is 175 Å². The summed E-state index contributed by atoms with van der Waals surface area (Å²) < 4.78 is 15.7. The largest absolute Gasteiger partial charge is 0.382 e. The molecule has 2 N–H and O–H groups in total. The molecule has 30 heavy (non-hydrogen) atoms. The quantitative estimate of drug-likeness (QED) is 0.409. The first-order valence-electron chi connectivity index (χ1n) is 9.92. The van der Waals surface area contributed by atoms with Crippen LogP contribution in [0.2, 0.25) is 0 Å². The van der Waals surface area contributed by atoms with Gasteiger partial charge in [-0.1, -0.05) is 18.7 Å². The van der Waals surface area contributed by atoms with Gasteiger partial charge in [-0.25, -0.2) is 0 Å². The van der Waals surface area contributed by atoms with Crippen molar-refractivity contribution in [3.8, 4) is 0 Å². The maximum Gasteiger partial charge on any atom is 0.261 e. The number of nitrogens with one attached hydrogen (secondary N) is 2. The fraction of sp³-hybridized carbons (Fsp3) is 0.476. The van der Waals surface area contributed by atoms with Crippen LogP contribution in [-0.2, 0) is 23.8 Å². The predicted octanol–water partition coefficient (Wildman–Crippen LogP) is 1.01. The Bertz CT molecular complexity index is 825. The van der Waals surface area contributed by atoms with Crippen LogP contribution in [0.15, 0.2) is 24.8 Å². The second-order valence-electron chi connectivity index (χ2n) is 6.96. The Balaban J connectivity index is 1.56. The van der Waals surface area contributed by atoms with Crippen molar-refractivity contribution >= 4 is 29.1 Å². The number of piperidine rings is 1. The van der Waals surface area contributed by atoms with E-state index >= 15 is 0 Å². The summed E-state index contributed by atoms with van der Waals surface area (Å²) in [6, 6.07) is 4.72. The molecule has 0 bridgehead atoms. The summed E-state index contributed by atoms with van der Waals surface area (Å²) in [5.74, 6) is -1.08. The van der Waals surface area contributed by atoms with E-state index < -0.39 is 11.9 Å². The summed E-state index contributed by atoms with van der Waals surface area (Å²) in [7, 11) is 1.62. The number of carbonyl (C=O) groups excluding carboxylic acids is 3. The second-order valence-corrected chi connectivity index (χ2v) is 6.96. The van der Waals surface area contributed by atoms with Crippen LogP contribution >= 0.6 is 0 Å². The molecule has 1 aromatic rings. The number of methoxy groups -OCH3 is 1. The number of nitrogens with zero attached hydrogens (tertiary/aromatic N) is 1. The molecular weight excluding hydrogens is 390 g/mol. The van der Waals surface area contributed by atoms with Gasteiger partial charge >= 0.3 is 0 Å². The molecular formula is C21H27N3O6. The first-order valence-corrected chi connectivity index (χ1v) is 9.92. The van der Waals surface area contributed by atoms with Crippen LogP contribution in [0.1, 0.15) is 28.8 Å². The molecule has 1 fully saturated rings. The summed E-state index contributed by atoms with van der Waals surface area (Å²) in [4.78, 5) is 38.2. The van der Waals surface area contributed by atoms with Crippen molar-refractivity contribution in [1.82, 2.24) is 10.2 Å². The lowest BCUT2D eigenvalue weighted by molar-refractivity contribution is -0.136. The molecule has 162 valence electrons. The van der Waals surface area contributed by atoms with E-state index in [-0.39, 0.29) is 24.7 Å². The first kappa shape index (κ1) is 21.9. The molecule has 3 rings (SSSR count). The predicted molar refractivity (Wildman–Crippen MR) is 110 cm³/mol. The van der Waals surface area contributed by atoms with Gasteiger partial charge in [0, 0.05) is 37.0 Å². The van der Waals surface area contributed by atoms with Crippen molar-refractivity contribution in [3.05, 3.63) is 35.9 Å². The third-order valence-corrected chi connectivity index (χ3v) is 4.99. The lowest BCUT2D eigenvalue weighted by Crippen LogP contribution is -2.52. The average molecular weight is 417 g/mol. The molecule has 0 spiro atoms. The van der Waals surface area contributed by atoms with E-state index in [0.29, 0.717) is 62.1 Å². The molecule has 9 nitrogen and oxygen atoms in total. The number of hydrogen-bond acceptors (Lipinski definition) is 7. The normalized spacial score (nSPS) is 18.6. The van der Waals surface area contributed by atoms with E-state index in [1.165, 1.54) is 4.90 Å². The summed E-state index contributed by atoms with van der Waals surface area (Å²) in [5.41, 5.74) is 2.29. The van der Waals surface area contributed by atoms with E-state index in [4.69, 9.17) is 14.2 Å². The molecule has 1 atom stereocenters. The minimum atomic E-state index is -0.732. The van der Waals surface area contributed by atoms with Gasteiger partial charge in [0.2, 0.25) is 11.8 Å². The number of anilines is 1. The van der Waals surface area contributed by atoms with Crippen molar-refractivity contribution in [2.45, 2.75) is 18.9 Å². The van der Waals surface area contributed by atoms with Crippen molar-refractivity contribution < 1.29 is 28.6 Å². The zero-order chi connectivity index (χ0) is 21.5. The maximum absolute atomic E-state index is 13.1. The number of rotatable bonds is 11. The van der Waals surface area contributed by atoms with Gasteiger partial charge in [-0.3, -0.25) is 24.6 Å². The highest BCUT2D eigenvalue weighted by molar-refractivity contribution is 6.15. The molecule has 1 saturated heterocycles. The second kappa shape index (κ2) is 10.3. The molecule has 2 heterocycles. The number of imide groups is 1. The van der Waals surface area contributed by atoms with E-state index in [9.17, 15) is 14.4 Å². The monoisotopic (exact) mass is 417 g/mol. The highest BCUT2D eigenvalue weighted by Gasteiger charge is 2.42. The van der Waals surface area contributed by atoms with Crippen molar-refractivity contribution in [1.29, 1.82) is 0 Å². The third-order valence-electron chi connectivity index (χ3n) is 4.99. The molecule has 0 radical (unpaired) electrons. The smallest absolute Gasteiger partial charge is 0.261 e. The highest BCUT2D eigenvalue weighted by Crippen LogP contribution is 2.38. The van der Waals surface area contributed by atoms with E-state index in [1.54, 1.807) is 13.2 Å². The minimum Gasteiger partial charge on any atom is -0.382 e. The number of amides is 3. The fourth-order valence-corrected chi connectivity index (χ4v) is 3.52. The summed E-state index contributed by atoms with van der Waals surface area (Å²) >= 11 is 0. The van der Waals surface area contributed by atoms with Gasteiger partial charge in [-0.05, 0) is 12.5 Å². The Morgan fingerprint density at radius 1 is 1.13 bits per heavy atom. The van der Waals surface area contributed by atoms with Crippen molar-refractivity contribution in [3.63, 3.8) is 0 Å². The van der Waals surface area contributed by atoms with Gasteiger partial charge in [0.05, 0.1) is 38.6 Å². The van der Waals surface area contributed by atoms with E-state index in [2.05, 4.69) is 17.2 Å². The molecule has 3 amide bonds. The molecule has 1 unspecified atom stereocenters. The van der Waals surface area contributed by atoms with Crippen LogP contribution < -0.4 is 10.6 Å². The summed E-state index contributed by atoms with van der Waals surface area (Å²) in [6.45, 7) is 7.01. The third kappa shape index (κ3) is 4.86. The lowest BCUT2D eigenvalue weighted by Gasteiger charge is -2.30. The van der Waals surface area contributed by atoms with Crippen LogP contribution in [0, 0.1) is 0 Å². The topological polar surface area (TPSA) is 106 Å². The van der Waals surface area contributed by atoms with Crippen LogP contribution in [-0.4, -0.2) is 75.4 Å². The maximum atomic E-state index is 13.1. The summed E-state index contributed by atoms with van der Waals surface area (Å²) in [5, 5.41) is 5.52. The van der Waals surface area contributed by atoms with Crippen LogP contribution in [0.3, 0.4) is 0 Å². The van der Waals surface area contributed by atoms with Crippen LogP contribution in [0.5, 0.6) is 0 Å². The highest BCUT2D eigenvalue weighted by atomic mass is 16.5. The Kier molecular flexibility index (Phi) is 7.56. The van der Waals surface area contributed by atoms with Crippen LogP contribution in [0.25, 0.3) is 5.70 Å². The molecule has 2 aliphatic rings. The molecule has 2 aliphatic heterocycles. The SMILES string of the molecule is C=C1c2cccc(NCCOCCOCCOC)c2C(=O)N1C1CCC(=O)NC1=O. The molecule has 9 heteroatoms. The number of fused-ring (bicyclic) bond motifs is 1. The lowest BCUT2D eigenvalue weighted by atomic mass is 10.0. The molecule has 0 aromatic heterocycles. The van der Waals surface area contributed by atoms with Crippen molar-refractivity contribution in [2.24, 2.45) is 0 Å². The molecule has 0 aliphatic carbocycles. The first-order chi connectivity index (χ1) is 14.5. The molecule has 0 saturated carbocycles. The van der Waals surface area contributed by atoms with E-state index in [1.807, 2.05) is 12.1 Å². The van der Waals surface area contributed by atoms with Gasteiger partial charge in [0.25, 0.3) is 5.91 Å². The van der Waals surface area contributed by atoms with Gasteiger partial charge in [-0.2, -0.15) is 0 Å². The van der Waals surface area contributed by atoms with Gasteiger partial charge < -0.3 is 19.5 Å². The van der Waals surface area contributed by atoms with Crippen LogP contribution in [0.4, 0.5) is 5.69 Å². The van der Waals surface area contributed by atoms with Gasteiger partial charge in [0.1, 0.15) is 6.04 Å². The van der Waals surface area contributed by atoms with Gasteiger partial charge in [0.15, 0.2) is 0 Å². The number of ether oxygens (including phenoxy) is 3. The van der Waals surface area contributed by atoms with E-state index in [0.717, 1.165) is 0 Å². The summed E-state index contributed by atoms with van der Waals surface area (Å²) in [6.07, 6.45) is 0.480. The Morgan fingerprint density at radius 2 is 1.87 bits per heavy atom. The number of carbonyl (C=O) groups is 3. The minimum absolute atomic E-state index is 0.196. The standard InChI is InChI=1S/C21H27N3O6/c1-14-15-4-3-5-16(22-8-9-29-12-13-30-11-10-28-2)19(15)21(27)24(14)17-6-7-18(25)23-20(17)26/h3-5,17,22H,1,6-13H2,2H3,(H,23,25,26). The average Bonchev–Trinajstić information content (AvgIpc) is 2.98. The Hall–Kier alpha value is -2.75. The zero-order valence-electron chi connectivity index (χ0n) is 17.1. The molecule has 1 aromatic carbocycles. The number of hydrogen-bond donors (Lipinski definition) is 2.